The first-order chi connectivity index (χ1) is 19.1. The summed E-state index contributed by atoms with van der Waals surface area (Å²) in [6.07, 6.45) is 0.720. The second-order valence-corrected chi connectivity index (χ2v) is 10.8. The van der Waals surface area contributed by atoms with E-state index in [2.05, 4.69) is 43.2 Å². The lowest BCUT2D eigenvalue weighted by atomic mass is 9.87. The average molecular weight is 541 g/mol. The summed E-state index contributed by atoms with van der Waals surface area (Å²) in [5, 5.41) is 12.1. The standard InChI is InChI=1S/C33H36N2O5/c1-22-29(35-32(40-22)25-8-6-5-7-9-25)18-19-39-27-16-12-24(13-17-30(36)37)28(20-27)31(38)34-21-23-10-14-26(15-11-23)33(2,3)4/h5-12,14-16,20H,13,17-19,21H2,1-4H3,(H,34,38)(H,36,37). The Kier molecular flexibility index (Phi) is 9.04. The van der Waals surface area contributed by atoms with Crippen LogP contribution < -0.4 is 10.1 Å². The molecule has 0 aliphatic heterocycles. The molecule has 0 saturated carbocycles. The number of hydrogen-bond donors (Lipinski definition) is 2. The van der Waals surface area contributed by atoms with E-state index >= 15 is 0 Å². The van der Waals surface area contributed by atoms with Crippen LogP contribution in [-0.2, 0) is 29.6 Å². The van der Waals surface area contributed by atoms with E-state index in [1.165, 1.54) is 5.56 Å². The maximum atomic E-state index is 13.2. The van der Waals surface area contributed by atoms with Gasteiger partial charge in [-0.3, -0.25) is 9.59 Å². The summed E-state index contributed by atoms with van der Waals surface area (Å²) in [4.78, 5) is 29.0. The second-order valence-electron chi connectivity index (χ2n) is 10.8. The van der Waals surface area contributed by atoms with Gasteiger partial charge >= 0.3 is 5.97 Å². The van der Waals surface area contributed by atoms with Gasteiger partial charge in [-0.1, -0.05) is 69.3 Å². The molecule has 0 aliphatic carbocycles. The van der Waals surface area contributed by atoms with Crippen LogP contribution in [0.3, 0.4) is 0 Å². The molecule has 7 nitrogen and oxygen atoms in total. The number of rotatable bonds is 11. The Morgan fingerprint density at radius 3 is 2.38 bits per heavy atom. The molecule has 1 amide bonds. The first kappa shape index (κ1) is 28.6. The molecule has 1 aromatic heterocycles. The molecule has 0 fully saturated rings. The minimum Gasteiger partial charge on any atom is -0.493 e. The van der Waals surface area contributed by atoms with Crippen molar-refractivity contribution in [3.8, 4) is 17.2 Å². The maximum Gasteiger partial charge on any atom is 0.303 e. The van der Waals surface area contributed by atoms with Gasteiger partial charge in [-0.15, -0.1) is 0 Å². The van der Waals surface area contributed by atoms with E-state index in [4.69, 9.17) is 9.15 Å². The van der Waals surface area contributed by atoms with E-state index in [0.29, 0.717) is 42.3 Å². The summed E-state index contributed by atoms with van der Waals surface area (Å²) < 4.78 is 11.8. The predicted molar refractivity (Wildman–Crippen MR) is 155 cm³/mol. The SMILES string of the molecule is Cc1oc(-c2ccccc2)nc1CCOc1ccc(CCC(=O)O)c(C(=O)NCc2ccc(C(C)(C)C)cc2)c1. The monoisotopic (exact) mass is 540 g/mol. The Balaban J connectivity index is 1.42. The molecule has 4 aromatic rings. The number of aliphatic carboxylic acids is 1. The van der Waals surface area contributed by atoms with Gasteiger partial charge in [0, 0.05) is 30.5 Å². The number of nitrogens with one attached hydrogen (secondary N) is 1. The average Bonchev–Trinajstić information content (AvgIpc) is 3.31. The van der Waals surface area contributed by atoms with Crippen molar-refractivity contribution in [1.29, 1.82) is 0 Å². The summed E-state index contributed by atoms with van der Waals surface area (Å²) in [5.41, 5.74) is 5.06. The Morgan fingerprint density at radius 1 is 0.975 bits per heavy atom. The third kappa shape index (κ3) is 7.59. The van der Waals surface area contributed by atoms with Crippen molar-refractivity contribution in [3.63, 3.8) is 0 Å². The van der Waals surface area contributed by atoms with E-state index in [1.807, 2.05) is 49.4 Å². The molecule has 3 aromatic carbocycles. The molecule has 0 atom stereocenters. The Bertz CT molecular complexity index is 1450. The number of carboxylic acids is 1. The molecule has 0 aliphatic rings. The molecule has 1 heterocycles. The highest BCUT2D eigenvalue weighted by Crippen LogP contribution is 2.24. The van der Waals surface area contributed by atoms with Gasteiger partial charge in [0.25, 0.3) is 5.91 Å². The number of carbonyl (C=O) groups excluding carboxylic acids is 1. The van der Waals surface area contributed by atoms with Crippen molar-refractivity contribution < 1.29 is 23.8 Å². The Labute approximate surface area is 235 Å². The van der Waals surface area contributed by atoms with Crippen LogP contribution in [0.4, 0.5) is 0 Å². The fourth-order valence-corrected chi connectivity index (χ4v) is 4.35. The number of oxazole rings is 1. The second kappa shape index (κ2) is 12.6. The summed E-state index contributed by atoms with van der Waals surface area (Å²) >= 11 is 0. The van der Waals surface area contributed by atoms with Crippen LogP contribution in [0.5, 0.6) is 5.75 Å². The summed E-state index contributed by atoms with van der Waals surface area (Å²) in [7, 11) is 0. The van der Waals surface area contributed by atoms with Gasteiger partial charge in [0.05, 0.1) is 12.3 Å². The predicted octanol–water partition coefficient (Wildman–Crippen LogP) is 6.52. The van der Waals surface area contributed by atoms with Crippen molar-refractivity contribution >= 4 is 11.9 Å². The van der Waals surface area contributed by atoms with E-state index in [1.54, 1.807) is 18.2 Å². The van der Waals surface area contributed by atoms with Gasteiger partial charge in [0.2, 0.25) is 5.89 Å². The van der Waals surface area contributed by atoms with Crippen molar-refractivity contribution in [2.75, 3.05) is 6.61 Å². The minimum atomic E-state index is -0.913. The maximum absolute atomic E-state index is 13.2. The van der Waals surface area contributed by atoms with Gasteiger partial charge in [-0.2, -0.15) is 0 Å². The van der Waals surface area contributed by atoms with Gasteiger partial charge < -0.3 is 19.6 Å². The highest BCUT2D eigenvalue weighted by molar-refractivity contribution is 5.96. The lowest BCUT2D eigenvalue weighted by Crippen LogP contribution is -2.24. The van der Waals surface area contributed by atoms with Crippen molar-refractivity contribution in [2.24, 2.45) is 0 Å². The van der Waals surface area contributed by atoms with Gasteiger partial charge in [-0.25, -0.2) is 4.98 Å². The molecule has 0 bridgehead atoms. The molecule has 0 spiro atoms. The van der Waals surface area contributed by atoms with Gasteiger partial charge in [0.15, 0.2) is 0 Å². The largest absolute Gasteiger partial charge is 0.493 e. The summed E-state index contributed by atoms with van der Waals surface area (Å²) in [6, 6.07) is 23.1. The molecule has 7 heteroatoms. The zero-order valence-electron chi connectivity index (χ0n) is 23.5. The number of aryl methyl sites for hydroxylation is 2. The third-order valence-corrected chi connectivity index (χ3v) is 6.73. The van der Waals surface area contributed by atoms with E-state index in [0.717, 1.165) is 22.6 Å². The molecule has 0 saturated heterocycles. The highest BCUT2D eigenvalue weighted by atomic mass is 16.5. The number of benzene rings is 3. The fourth-order valence-electron chi connectivity index (χ4n) is 4.35. The van der Waals surface area contributed by atoms with Crippen molar-refractivity contribution in [3.05, 3.63) is 107 Å². The molecule has 208 valence electrons. The molecular weight excluding hydrogens is 504 g/mol. The number of ether oxygens (including phenoxy) is 1. The van der Waals surface area contributed by atoms with Crippen molar-refractivity contribution in [1.82, 2.24) is 10.3 Å². The Morgan fingerprint density at radius 2 is 1.70 bits per heavy atom. The van der Waals surface area contributed by atoms with Gasteiger partial charge in [0.1, 0.15) is 11.5 Å². The van der Waals surface area contributed by atoms with Crippen LogP contribution in [0.2, 0.25) is 0 Å². The van der Waals surface area contributed by atoms with Crippen LogP contribution in [0.25, 0.3) is 11.5 Å². The highest BCUT2D eigenvalue weighted by Gasteiger charge is 2.16. The number of carbonyl (C=O) groups is 2. The van der Waals surface area contributed by atoms with Crippen LogP contribution >= 0.6 is 0 Å². The quantitative estimate of drug-likeness (QED) is 0.225. The van der Waals surface area contributed by atoms with Crippen LogP contribution in [0.1, 0.15) is 65.7 Å². The summed E-state index contributed by atoms with van der Waals surface area (Å²) in [6.45, 7) is 9.06. The lowest BCUT2D eigenvalue weighted by molar-refractivity contribution is -0.136. The number of carboxylic acid groups (broad SMARTS) is 1. The molecular formula is C33H36N2O5. The van der Waals surface area contributed by atoms with Crippen LogP contribution in [0.15, 0.2) is 77.2 Å². The normalized spacial score (nSPS) is 11.3. The molecule has 0 unspecified atom stereocenters. The molecule has 0 radical (unpaired) electrons. The van der Waals surface area contributed by atoms with E-state index < -0.39 is 5.97 Å². The Hall–Kier alpha value is -4.39. The topological polar surface area (TPSA) is 102 Å². The van der Waals surface area contributed by atoms with E-state index in [9.17, 15) is 14.7 Å². The molecule has 4 rings (SSSR count). The van der Waals surface area contributed by atoms with Crippen LogP contribution in [-0.4, -0.2) is 28.6 Å². The molecule has 2 N–H and O–H groups in total. The first-order valence-corrected chi connectivity index (χ1v) is 13.5. The smallest absolute Gasteiger partial charge is 0.303 e. The molecule has 40 heavy (non-hydrogen) atoms. The van der Waals surface area contributed by atoms with Gasteiger partial charge in [-0.05, 0) is 59.7 Å². The first-order valence-electron chi connectivity index (χ1n) is 13.5. The number of hydrogen-bond acceptors (Lipinski definition) is 5. The zero-order valence-corrected chi connectivity index (χ0v) is 23.5. The number of nitrogens with zero attached hydrogens (tertiary/aromatic N) is 1. The summed E-state index contributed by atoms with van der Waals surface area (Å²) in [5.74, 6) is 0.655. The van der Waals surface area contributed by atoms with Crippen LogP contribution in [0, 0.1) is 6.92 Å². The number of aromatic nitrogens is 1. The third-order valence-electron chi connectivity index (χ3n) is 6.73. The zero-order chi connectivity index (χ0) is 28.7. The minimum absolute atomic E-state index is 0.0534. The lowest BCUT2D eigenvalue weighted by Gasteiger charge is -2.19. The van der Waals surface area contributed by atoms with Crippen molar-refractivity contribution in [2.45, 2.75) is 58.9 Å². The fraction of sp³-hybridized carbons (Fsp3) is 0.303. The van der Waals surface area contributed by atoms with E-state index in [-0.39, 0.29) is 24.2 Å². The number of amides is 1.